The molecule has 6 aromatic heterocycles. The fraction of sp³-hybridized carbons (Fsp3) is 0.226. The summed E-state index contributed by atoms with van der Waals surface area (Å²) in [7, 11) is 0. The van der Waals surface area contributed by atoms with Crippen LogP contribution < -0.4 is 5.32 Å². The molecule has 1 amide bonds. The van der Waals surface area contributed by atoms with Gasteiger partial charge in [-0.3, -0.25) is 24.8 Å². The fourth-order valence-corrected chi connectivity index (χ4v) is 5.72. The lowest BCUT2D eigenvalue weighted by molar-refractivity contribution is -0.117. The van der Waals surface area contributed by atoms with Crippen molar-refractivity contribution in [2.75, 3.05) is 5.32 Å². The Morgan fingerprint density at radius 2 is 1.80 bits per heavy atom. The molecule has 7 rings (SSSR count). The highest BCUT2D eigenvalue weighted by atomic mass is 16.1. The third-order valence-electron chi connectivity index (χ3n) is 7.72. The number of nitrogens with one attached hydrogen (secondary N) is 3. The summed E-state index contributed by atoms with van der Waals surface area (Å²) in [6.45, 7) is 0. The molecule has 3 N–H and O–H groups in total. The summed E-state index contributed by atoms with van der Waals surface area (Å²) < 4.78 is 0. The summed E-state index contributed by atoms with van der Waals surface area (Å²) >= 11 is 0. The van der Waals surface area contributed by atoms with Gasteiger partial charge in [0.1, 0.15) is 11.3 Å². The highest BCUT2D eigenvalue weighted by Crippen LogP contribution is 2.34. The molecule has 0 aliphatic heterocycles. The van der Waals surface area contributed by atoms with E-state index in [0.717, 1.165) is 68.6 Å². The van der Waals surface area contributed by atoms with Crippen LogP contribution in [0.5, 0.6) is 0 Å². The number of H-pyrrole nitrogens is 2. The summed E-state index contributed by atoms with van der Waals surface area (Å²) in [5.74, 6) is 0.526. The van der Waals surface area contributed by atoms with Crippen molar-refractivity contribution in [2.45, 2.75) is 38.5 Å². The topological polar surface area (TPSA) is 125 Å². The number of carbonyl (C=O) groups is 1. The lowest BCUT2D eigenvalue weighted by atomic mass is 9.87. The normalized spacial score (nSPS) is 14.1. The van der Waals surface area contributed by atoms with Gasteiger partial charge >= 0.3 is 0 Å². The van der Waals surface area contributed by atoms with E-state index in [4.69, 9.17) is 0 Å². The molecule has 0 atom stereocenters. The molecule has 1 aliphatic rings. The van der Waals surface area contributed by atoms with E-state index in [2.05, 4.69) is 46.5 Å². The van der Waals surface area contributed by atoms with Crippen molar-refractivity contribution in [1.29, 1.82) is 0 Å². The second kappa shape index (κ2) is 10.3. The van der Waals surface area contributed by atoms with Gasteiger partial charge in [0, 0.05) is 53.1 Å². The highest BCUT2D eigenvalue weighted by Gasteiger charge is 2.18. The monoisotopic (exact) mass is 528 g/mol. The fourth-order valence-electron chi connectivity index (χ4n) is 5.72. The van der Waals surface area contributed by atoms with Gasteiger partial charge in [-0.2, -0.15) is 5.10 Å². The molecule has 0 unspecified atom stereocenters. The summed E-state index contributed by atoms with van der Waals surface area (Å²) in [6, 6.07) is 12.0. The number of hydrogen-bond donors (Lipinski definition) is 3. The van der Waals surface area contributed by atoms with Crippen molar-refractivity contribution in [3.05, 3.63) is 73.6 Å². The molecular weight excluding hydrogens is 500 g/mol. The van der Waals surface area contributed by atoms with Gasteiger partial charge in [-0.1, -0.05) is 25.3 Å². The van der Waals surface area contributed by atoms with Crippen LogP contribution >= 0.6 is 0 Å². The number of pyridine rings is 4. The second-order valence-electron chi connectivity index (χ2n) is 10.5. The number of amides is 1. The molecule has 0 bridgehead atoms. The lowest BCUT2D eigenvalue weighted by Gasteiger charge is -2.20. The van der Waals surface area contributed by atoms with Gasteiger partial charge < -0.3 is 10.3 Å². The number of nitrogens with zero attached hydrogens (tertiary/aromatic N) is 5. The van der Waals surface area contributed by atoms with Gasteiger partial charge in [0.25, 0.3) is 0 Å². The molecule has 0 aromatic carbocycles. The van der Waals surface area contributed by atoms with Crippen molar-refractivity contribution < 1.29 is 4.79 Å². The number of rotatable bonds is 6. The van der Waals surface area contributed by atoms with Crippen LogP contribution in [0.4, 0.5) is 5.69 Å². The van der Waals surface area contributed by atoms with E-state index in [-0.39, 0.29) is 5.91 Å². The number of aromatic amines is 2. The Hall–Kier alpha value is -4.92. The van der Waals surface area contributed by atoms with Crippen molar-refractivity contribution in [3.63, 3.8) is 0 Å². The molecule has 1 fully saturated rings. The zero-order valence-electron chi connectivity index (χ0n) is 21.9. The first-order valence-corrected chi connectivity index (χ1v) is 13.7. The average Bonchev–Trinajstić information content (AvgIpc) is 3.62. The van der Waals surface area contributed by atoms with Crippen molar-refractivity contribution in [2.24, 2.45) is 5.92 Å². The Balaban J connectivity index is 1.19. The molecule has 0 spiro atoms. The predicted molar refractivity (Wildman–Crippen MR) is 155 cm³/mol. The van der Waals surface area contributed by atoms with E-state index in [9.17, 15) is 4.79 Å². The molecule has 1 saturated carbocycles. The van der Waals surface area contributed by atoms with Crippen LogP contribution in [0.1, 0.15) is 38.5 Å². The molecule has 198 valence electrons. The van der Waals surface area contributed by atoms with Gasteiger partial charge in [0.15, 0.2) is 0 Å². The summed E-state index contributed by atoms with van der Waals surface area (Å²) in [5.41, 5.74) is 7.55. The Labute approximate surface area is 230 Å². The Bertz CT molecular complexity index is 1820. The summed E-state index contributed by atoms with van der Waals surface area (Å²) in [6.07, 6.45) is 17.2. The number of hydrogen-bond acceptors (Lipinski definition) is 6. The van der Waals surface area contributed by atoms with Crippen LogP contribution in [0.3, 0.4) is 0 Å². The van der Waals surface area contributed by atoms with Gasteiger partial charge in [0.2, 0.25) is 5.91 Å². The number of aromatic nitrogens is 7. The first-order valence-electron chi connectivity index (χ1n) is 13.7. The van der Waals surface area contributed by atoms with E-state index in [1.807, 2.05) is 36.5 Å². The van der Waals surface area contributed by atoms with Crippen LogP contribution in [-0.2, 0) is 4.79 Å². The van der Waals surface area contributed by atoms with E-state index in [1.54, 1.807) is 31.0 Å². The first-order chi connectivity index (χ1) is 19.7. The Morgan fingerprint density at radius 3 is 2.67 bits per heavy atom. The van der Waals surface area contributed by atoms with Crippen molar-refractivity contribution >= 4 is 33.5 Å². The molecule has 6 heterocycles. The molecule has 6 aromatic rings. The minimum absolute atomic E-state index is 0.0458. The summed E-state index contributed by atoms with van der Waals surface area (Å²) in [4.78, 5) is 33.9. The highest BCUT2D eigenvalue weighted by molar-refractivity contribution is 6.00. The first kappa shape index (κ1) is 24.1. The van der Waals surface area contributed by atoms with Crippen LogP contribution in [-0.4, -0.2) is 41.0 Å². The van der Waals surface area contributed by atoms with E-state index >= 15 is 0 Å². The molecule has 40 heavy (non-hydrogen) atoms. The van der Waals surface area contributed by atoms with Gasteiger partial charge in [0.05, 0.1) is 35.0 Å². The van der Waals surface area contributed by atoms with Crippen LogP contribution in [0.25, 0.3) is 55.7 Å². The maximum absolute atomic E-state index is 12.7. The van der Waals surface area contributed by atoms with Crippen LogP contribution in [0.2, 0.25) is 0 Å². The standard InChI is InChI=1S/C31H28N8O/c40-29(11-19-5-2-1-3-6-19)36-22-12-21(16-33-17-22)26-14-25-28(18-35-26)38-39-30(25)27-13-24-23(8-10-34-31(24)37-27)20-7-4-9-32-15-20/h4,7-10,12-19H,1-3,5-6,11H2,(H,34,37)(H,36,40)(H,38,39). The number of anilines is 1. The third kappa shape index (κ3) is 4.70. The molecule has 0 radical (unpaired) electrons. The largest absolute Gasteiger partial charge is 0.338 e. The second-order valence-corrected chi connectivity index (χ2v) is 10.5. The smallest absolute Gasteiger partial charge is 0.224 e. The Kier molecular flexibility index (Phi) is 6.24. The number of fused-ring (bicyclic) bond motifs is 2. The van der Waals surface area contributed by atoms with Gasteiger partial charge in [-0.05, 0) is 54.7 Å². The van der Waals surface area contributed by atoms with Crippen LogP contribution in [0, 0.1) is 5.92 Å². The van der Waals surface area contributed by atoms with Crippen molar-refractivity contribution in [1.82, 2.24) is 35.1 Å². The quantitative estimate of drug-likeness (QED) is 0.226. The molecule has 9 heteroatoms. The van der Waals surface area contributed by atoms with Crippen LogP contribution in [0.15, 0.2) is 73.6 Å². The SMILES string of the molecule is O=C(CC1CCCCC1)Nc1cncc(-c2cc3c(-c4cc5c(-c6cccnc6)ccnc5[nH]4)n[nH]c3cn2)c1. The molecular formula is C31H28N8O. The molecule has 0 saturated heterocycles. The van der Waals surface area contributed by atoms with E-state index in [0.29, 0.717) is 18.0 Å². The van der Waals surface area contributed by atoms with Crippen molar-refractivity contribution in [3.8, 4) is 33.8 Å². The summed E-state index contributed by atoms with van der Waals surface area (Å²) in [5, 5.41) is 12.7. The zero-order valence-corrected chi connectivity index (χ0v) is 21.9. The minimum atomic E-state index is 0.0458. The van der Waals surface area contributed by atoms with Gasteiger partial charge in [-0.15, -0.1) is 0 Å². The molecule has 9 nitrogen and oxygen atoms in total. The Morgan fingerprint density at radius 1 is 0.900 bits per heavy atom. The van der Waals surface area contributed by atoms with Gasteiger partial charge in [-0.25, -0.2) is 4.98 Å². The van der Waals surface area contributed by atoms with E-state index < -0.39 is 0 Å². The van der Waals surface area contributed by atoms with E-state index in [1.165, 1.54) is 19.3 Å². The maximum Gasteiger partial charge on any atom is 0.224 e. The average molecular weight is 529 g/mol. The third-order valence-corrected chi connectivity index (χ3v) is 7.72. The minimum Gasteiger partial charge on any atom is -0.338 e. The zero-order chi connectivity index (χ0) is 26.9. The lowest BCUT2D eigenvalue weighted by Crippen LogP contribution is -2.18. The predicted octanol–water partition coefficient (Wildman–Crippen LogP) is 6.53. The maximum atomic E-state index is 12.7. The molecule has 1 aliphatic carbocycles. The number of carbonyl (C=O) groups excluding carboxylic acids is 1.